The molecule has 3 rings (SSSR count). The van der Waals surface area contributed by atoms with Crippen molar-refractivity contribution >= 4 is 0 Å². The van der Waals surface area contributed by atoms with Crippen LogP contribution in [0.2, 0.25) is 0 Å². The Labute approximate surface area is 107 Å². The zero-order valence-electron chi connectivity index (χ0n) is 10.5. The van der Waals surface area contributed by atoms with Crippen molar-refractivity contribution in [3.05, 3.63) is 47.8 Å². The van der Waals surface area contributed by atoms with E-state index in [1.807, 2.05) is 24.0 Å². The van der Waals surface area contributed by atoms with E-state index >= 15 is 0 Å². The average Bonchev–Trinajstić information content (AvgIpc) is 2.87. The quantitative estimate of drug-likeness (QED) is 0.874. The number of aryl methyl sites for hydroxylation is 1. The first-order chi connectivity index (χ1) is 8.83. The normalized spacial score (nSPS) is 19.9. The first-order valence-corrected chi connectivity index (χ1v) is 6.27. The molecule has 2 heterocycles. The molecule has 1 aliphatic rings. The Bertz CT molecular complexity index is 529. The average molecular weight is 243 g/mol. The van der Waals surface area contributed by atoms with Crippen LogP contribution in [0.5, 0.6) is 0 Å². The van der Waals surface area contributed by atoms with Gasteiger partial charge in [-0.1, -0.05) is 12.1 Å². The molecule has 0 aliphatic carbocycles. The van der Waals surface area contributed by atoms with E-state index in [1.165, 1.54) is 5.56 Å². The number of ether oxygens (including phenoxy) is 1. The predicted octanol–water partition coefficient (Wildman–Crippen LogP) is 1.84. The molecule has 0 amide bonds. The van der Waals surface area contributed by atoms with E-state index in [0.717, 1.165) is 30.9 Å². The Morgan fingerprint density at radius 3 is 3.11 bits per heavy atom. The van der Waals surface area contributed by atoms with Crippen LogP contribution in [-0.4, -0.2) is 29.5 Å². The summed E-state index contributed by atoms with van der Waals surface area (Å²) in [7, 11) is 0. The van der Waals surface area contributed by atoms with Crippen molar-refractivity contribution in [3.8, 4) is 5.69 Å². The van der Waals surface area contributed by atoms with Crippen molar-refractivity contribution in [1.29, 1.82) is 0 Å². The summed E-state index contributed by atoms with van der Waals surface area (Å²) in [5, 5.41) is 7.68. The molecule has 0 spiro atoms. The molecule has 1 unspecified atom stereocenters. The second kappa shape index (κ2) is 4.92. The van der Waals surface area contributed by atoms with E-state index in [1.54, 1.807) is 0 Å². The minimum Gasteiger partial charge on any atom is -0.371 e. The van der Waals surface area contributed by atoms with Crippen LogP contribution >= 0.6 is 0 Å². The monoisotopic (exact) mass is 243 g/mol. The molecule has 0 saturated carbocycles. The van der Waals surface area contributed by atoms with Crippen molar-refractivity contribution < 1.29 is 4.74 Å². The fourth-order valence-electron chi connectivity index (χ4n) is 2.20. The lowest BCUT2D eigenvalue weighted by molar-refractivity contribution is 0.0277. The van der Waals surface area contributed by atoms with Gasteiger partial charge in [0.15, 0.2) is 0 Å². The fourth-order valence-corrected chi connectivity index (χ4v) is 2.20. The number of morpholine rings is 1. The van der Waals surface area contributed by atoms with E-state index in [4.69, 9.17) is 4.74 Å². The predicted molar refractivity (Wildman–Crippen MR) is 69.9 cm³/mol. The number of rotatable bonds is 2. The van der Waals surface area contributed by atoms with Gasteiger partial charge in [0.25, 0.3) is 0 Å². The highest BCUT2D eigenvalue weighted by molar-refractivity contribution is 5.36. The molecular formula is C14H17N3O. The molecule has 2 aromatic rings. The van der Waals surface area contributed by atoms with Gasteiger partial charge in [0.1, 0.15) is 0 Å². The third kappa shape index (κ3) is 2.30. The van der Waals surface area contributed by atoms with Gasteiger partial charge in [-0.2, -0.15) is 5.10 Å². The second-order valence-corrected chi connectivity index (χ2v) is 4.62. The maximum atomic E-state index is 5.77. The van der Waals surface area contributed by atoms with E-state index in [9.17, 15) is 0 Å². The summed E-state index contributed by atoms with van der Waals surface area (Å²) in [5.74, 6) is 0. The Morgan fingerprint density at radius 1 is 1.44 bits per heavy atom. The summed E-state index contributed by atoms with van der Waals surface area (Å²) in [5.41, 5.74) is 3.44. The molecule has 1 saturated heterocycles. The number of benzene rings is 1. The van der Waals surface area contributed by atoms with E-state index in [-0.39, 0.29) is 6.10 Å². The van der Waals surface area contributed by atoms with Gasteiger partial charge in [0, 0.05) is 19.3 Å². The van der Waals surface area contributed by atoms with Gasteiger partial charge in [0.2, 0.25) is 0 Å². The molecule has 94 valence electrons. The maximum Gasteiger partial charge on any atom is 0.0950 e. The van der Waals surface area contributed by atoms with Crippen LogP contribution in [0, 0.1) is 6.92 Å². The zero-order valence-corrected chi connectivity index (χ0v) is 10.5. The summed E-state index contributed by atoms with van der Waals surface area (Å²) in [6, 6.07) is 8.37. The summed E-state index contributed by atoms with van der Waals surface area (Å²) in [6.45, 7) is 4.63. The minimum absolute atomic E-state index is 0.148. The number of nitrogens with one attached hydrogen (secondary N) is 1. The fraction of sp³-hybridized carbons (Fsp3) is 0.357. The molecule has 0 radical (unpaired) electrons. The highest BCUT2D eigenvalue weighted by Gasteiger charge is 2.15. The first kappa shape index (κ1) is 11.4. The molecule has 18 heavy (non-hydrogen) atoms. The lowest BCUT2D eigenvalue weighted by atomic mass is 10.1. The van der Waals surface area contributed by atoms with Gasteiger partial charge < -0.3 is 10.1 Å². The Kier molecular flexibility index (Phi) is 3.13. The molecule has 1 aromatic carbocycles. The Morgan fingerprint density at radius 2 is 2.39 bits per heavy atom. The van der Waals surface area contributed by atoms with Crippen LogP contribution in [0.4, 0.5) is 0 Å². The minimum atomic E-state index is 0.148. The smallest absolute Gasteiger partial charge is 0.0950 e. The number of hydrogen-bond donors (Lipinski definition) is 1. The summed E-state index contributed by atoms with van der Waals surface area (Å²) < 4.78 is 7.67. The third-order valence-electron chi connectivity index (χ3n) is 3.15. The zero-order chi connectivity index (χ0) is 12.4. The lowest BCUT2D eigenvalue weighted by Crippen LogP contribution is -2.33. The van der Waals surface area contributed by atoms with Crippen LogP contribution in [-0.2, 0) is 4.74 Å². The maximum absolute atomic E-state index is 5.77. The molecule has 1 aromatic heterocycles. The Balaban J connectivity index is 1.88. The van der Waals surface area contributed by atoms with Crippen LogP contribution in [0.1, 0.15) is 17.2 Å². The van der Waals surface area contributed by atoms with Crippen molar-refractivity contribution in [1.82, 2.24) is 15.1 Å². The van der Waals surface area contributed by atoms with Crippen LogP contribution in [0.15, 0.2) is 36.7 Å². The van der Waals surface area contributed by atoms with E-state index in [2.05, 4.69) is 34.7 Å². The van der Waals surface area contributed by atoms with Crippen molar-refractivity contribution in [2.24, 2.45) is 0 Å². The summed E-state index contributed by atoms with van der Waals surface area (Å²) in [4.78, 5) is 0. The molecule has 0 bridgehead atoms. The van der Waals surface area contributed by atoms with Gasteiger partial charge in [-0.15, -0.1) is 0 Å². The van der Waals surface area contributed by atoms with Gasteiger partial charge in [-0.25, -0.2) is 4.68 Å². The van der Waals surface area contributed by atoms with Crippen molar-refractivity contribution in [3.63, 3.8) is 0 Å². The van der Waals surface area contributed by atoms with Gasteiger partial charge in [-0.05, 0) is 30.2 Å². The SMILES string of the molecule is Cc1cnn(-c2cccc(C3CNCCO3)c2)c1. The highest BCUT2D eigenvalue weighted by atomic mass is 16.5. The molecule has 4 heteroatoms. The first-order valence-electron chi connectivity index (χ1n) is 6.27. The Hall–Kier alpha value is -1.65. The van der Waals surface area contributed by atoms with Crippen molar-refractivity contribution in [2.45, 2.75) is 13.0 Å². The van der Waals surface area contributed by atoms with Crippen LogP contribution in [0.3, 0.4) is 0 Å². The number of nitrogens with zero attached hydrogens (tertiary/aromatic N) is 2. The van der Waals surface area contributed by atoms with Crippen LogP contribution < -0.4 is 5.32 Å². The van der Waals surface area contributed by atoms with Crippen LogP contribution in [0.25, 0.3) is 5.69 Å². The largest absolute Gasteiger partial charge is 0.371 e. The van der Waals surface area contributed by atoms with Crippen molar-refractivity contribution in [2.75, 3.05) is 19.7 Å². The second-order valence-electron chi connectivity index (χ2n) is 4.62. The standard InChI is InChI=1S/C14H17N3O/c1-11-8-16-17(10-11)13-4-2-3-12(7-13)14-9-15-5-6-18-14/h2-4,7-8,10,14-15H,5-6,9H2,1H3. The molecule has 1 fully saturated rings. The number of hydrogen-bond acceptors (Lipinski definition) is 3. The van der Waals surface area contributed by atoms with Gasteiger partial charge in [-0.3, -0.25) is 0 Å². The molecular weight excluding hydrogens is 226 g/mol. The molecule has 1 N–H and O–H groups in total. The number of aromatic nitrogens is 2. The highest BCUT2D eigenvalue weighted by Crippen LogP contribution is 2.21. The third-order valence-corrected chi connectivity index (χ3v) is 3.15. The topological polar surface area (TPSA) is 39.1 Å². The molecule has 1 atom stereocenters. The summed E-state index contributed by atoms with van der Waals surface area (Å²) >= 11 is 0. The van der Waals surface area contributed by atoms with Gasteiger partial charge in [0.05, 0.1) is 24.6 Å². The molecule has 1 aliphatic heterocycles. The van der Waals surface area contributed by atoms with Gasteiger partial charge >= 0.3 is 0 Å². The van der Waals surface area contributed by atoms with E-state index in [0.29, 0.717) is 0 Å². The lowest BCUT2D eigenvalue weighted by Gasteiger charge is -2.24. The molecule has 4 nitrogen and oxygen atoms in total. The van der Waals surface area contributed by atoms with E-state index < -0.39 is 0 Å². The summed E-state index contributed by atoms with van der Waals surface area (Å²) in [6.07, 6.45) is 4.04.